The molecule has 3 rings (SSSR count). The molecule has 0 bridgehead atoms. The van der Waals surface area contributed by atoms with E-state index in [4.69, 9.17) is 10.5 Å². The monoisotopic (exact) mass is 380 g/mol. The fourth-order valence-corrected chi connectivity index (χ4v) is 3.15. The highest BCUT2D eigenvalue weighted by molar-refractivity contribution is 5.90. The first-order chi connectivity index (χ1) is 12.9. The van der Waals surface area contributed by atoms with Crippen LogP contribution in [-0.2, 0) is 4.74 Å². The van der Waals surface area contributed by atoms with E-state index in [-0.39, 0.29) is 18.7 Å². The first-order valence-electron chi connectivity index (χ1n) is 8.85. The van der Waals surface area contributed by atoms with Gasteiger partial charge in [0.1, 0.15) is 11.9 Å². The van der Waals surface area contributed by atoms with Gasteiger partial charge >= 0.3 is 12.1 Å². The number of hydrogen-bond acceptors (Lipinski definition) is 6. The highest BCUT2D eigenvalue weighted by Crippen LogP contribution is 2.28. The Labute approximate surface area is 157 Å². The number of urea groups is 1. The van der Waals surface area contributed by atoms with E-state index in [1.165, 1.54) is 20.9 Å². The minimum atomic E-state index is -0.519. The third kappa shape index (κ3) is 4.06. The van der Waals surface area contributed by atoms with Gasteiger partial charge in [0.05, 0.1) is 24.5 Å². The van der Waals surface area contributed by atoms with Crippen LogP contribution in [0.15, 0.2) is 18.2 Å². The van der Waals surface area contributed by atoms with E-state index in [1.807, 2.05) is 4.90 Å². The fraction of sp³-hybridized carbons (Fsp3) is 0.529. The zero-order valence-corrected chi connectivity index (χ0v) is 15.5. The molecular weight excluding hydrogens is 355 g/mol. The lowest BCUT2D eigenvalue weighted by Gasteiger charge is -2.25. The number of carbonyl (C=O) groups excluding carboxylic acids is 2. The van der Waals surface area contributed by atoms with Crippen molar-refractivity contribution in [2.75, 3.05) is 63.2 Å². The van der Waals surface area contributed by atoms with Gasteiger partial charge in [0, 0.05) is 40.3 Å². The molecule has 148 valence electrons. The van der Waals surface area contributed by atoms with Crippen molar-refractivity contribution in [2.45, 2.75) is 6.10 Å². The topological polar surface area (TPSA) is 94.4 Å². The van der Waals surface area contributed by atoms with E-state index < -0.39 is 11.9 Å². The van der Waals surface area contributed by atoms with Crippen molar-refractivity contribution < 1.29 is 18.7 Å². The van der Waals surface area contributed by atoms with Gasteiger partial charge < -0.3 is 20.3 Å². The number of rotatable bonds is 3. The van der Waals surface area contributed by atoms with Gasteiger partial charge in [-0.15, -0.1) is 0 Å². The predicted molar refractivity (Wildman–Crippen MR) is 99.1 cm³/mol. The Bertz CT molecular complexity index is 716. The van der Waals surface area contributed by atoms with Crippen molar-refractivity contribution in [1.82, 2.24) is 15.3 Å². The van der Waals surface area contributed by atoms with Crippen molar-refractivity contribution in [3.63, 3.8) is 0 Å². The third-order valence-electron chi connectivity index (χ3n) is 4.61. The molecule has 1 atom stereocenters. The molecule has 0 unspecified atom stereocenters. The van der Waals surface area contributed by atoms with Crippen molar-refractivity contribution in [3.05, 3.63) is 24.0 Å². The van der Waals surface area contributed by atoms with Gasteiger partial charge in [-0.3, -0.25) is 9.91 Å². The van der Waals surface area contributed by atoms with Crippen molar-refractivity contribution in [2.24, 2.45) is 5.73 Å². The van der Waals surface area contributed by atoms with Crippen LogP contribution in [0.4, 0.5) is 25.4 Å². The van der Waals surface area contributed by atoms with Gasteiger partial charge in [0.2, 0.25) is 0 Å². The van der Waals surface area contributed by atoms with Crippen molar-refractivity contribution in [3.8, 4) is 0 Å². The molecule has 2 heterocycles. The number of benzene rings is 1. The number of nitrogens with two attached hydrogens (primary N) is 1. The second-order valence-corrected chi connectivity index (χ2v) is 6.71. The molecule has 3 N–H and O–H groups in total. The number of carbonyl (C=O) groups is 2. The third-order valence-corrected chi connectivity index (χ3v) is 4.61. The summed E-state index contributed by atoms with van der Waals surface area (Å²) in [6, 6.07) is 4.53. The second kappa shape index (κ2) is 7.97. The lowest BCUT2D eigenvalue weighted by molar-refractivity contribution is 0.145. The van der Waals surface area contributed by atoms with E-state index in [0.29, 0.717) is 44.1 Å². The first-order valence-corrected chi connectivity index (χ1v) is 8.85. The number of ether oxygens (including phenoxy) is 1. The highest BCUT2D eigenvalue weighted by Gasteiger charge is 2.32. The fourth-order valence-electron chi connectivity index (χ4n) is 3.15. The first kappa shape index (κ1) is 19.2. The van der Waals surface area contributed by atoms with Crippen LogP contribution in [0.25, 0.3) is 0 Å². The molecule has 0 aromatic heterocycles. The summed E-state index contributed by atoms with van der Waals surface area (Å²) in [5.74, 6) is -0.427. The van der Waals surface area contributed by atoms with E-state index in [2.05, 4.69) is 5.43 Å². The molecule has 9 nitrogen and oxygen atoms in total. The Morgan fingerprint density at radius 3 is 2.78 bits per heavy atom. The number of hydrazine groups is 1. The summed E-state index contributed by atoms with van der Waals surface area (Å²) in [6.45, 7) is 2.51. The number of cyclic esters (lactones) is 1. The lowest BCUT2D eigenvalue weighted by Crippen LogP contribution is -2.48. The Hall–Kier alpha value is -2.59. The average Bonchev–Trinajstić information content (AvgIpc) is 2.86. The van der Waals surface area contributed by atoms with Crippen LogP contribution >= 0.6 is 0 Å². The Morgan fingerprint density at radius 1 is 1.37 bits per heavy atom. The van der Waals surface area contributed by atoms with Crippen LogP contribution in [0.1, 0.15) is 0 Å². The standard InChI is InChI=1S/C17H25FN6O3/c1-21(2)16(25)24-8-7-22(6-5-20-24)15-4-3-12(9-14(15)18)23-11-13(10-19)27-17(23)26/h3-4,9,13,20H,5-8,10-11,19H2,1-2H3/t13-/m0/s1. The summed E-state index contributed by atoms with van der Waals surface area (Å²) >= 11 is 0. The summed E-state index contributed by atoms with van der Waals surface area (Å²) in [5, 5.41) is 1.53. The number of hydrogen-bond donors (Lipinski definition) is 2. The molecule has 27 heavy (non-hydrogen) atoms. The van der Waals surface area contributed by atoms with Gasteiger partial charge in [-0.1, -0.05) is 0 Å². The molecule has 0 aliphatic carbocycles. The molecule has 2 aliphatic rings. The summed E-state index contributed by atoms with van der Waals surface area (Å²) in [7, 11) is 3.37. The normalized spacial score (nSPS) is 20.5. The molecule has 1 aromatic carbocycles. The van der Waals surface area contributed by atoms with Crippen LogP contribution in [-0.4, -0.2) is 81.5 Å². The van der Waals surface area contributed by atoms with Crippen LogP contribution in [0, 0.1) is 5.82 Å². The summed E-state index contributed by atoms with van der Waals surface area (Å²) in [6.07, 6.45) is -0.897. The predicted octanol–water partition coefficient (Wildman–Crippen LogP) is 0.418. The molecule has 0 radical (unpaired) electrons. The van der Waals surface area contributed by atoms with Crippen LogP contribution in [0.2, 0.25) is 0 Å². The second-order valence-electron chi connectivity index (χ2n) is 6.71. The minimum absolute atomic E-state index is 0.144. The molecule has 0 spiro atoms. The molecule has 1 aromatic rings. The largest absolute Gasteiger partial charge is 0.443 e. The van der Waals surface area contributed by atoms with E-state index >= 15 is 0 Å². The number of anilines is 2. The summed E-state index contributed by atoms with van der Waals surface area (Å²) in [4.78, 5) is 28.7. The van der Waals surface area contributed by atoms with E-state index in [1.54, 1.807) is 26.2 Å². The molecule has 2 saturated heterocycles. The van der Waals surface area contributed by atoms with Crippen LogP contribution in [0.3, 0.4) is 0 Å². The zero-order valence-electron chi connectivity index (χ0n) is 15.5. The van der Waals surface area contributed by atoms with Crippen LogP contribution in [0.5, 0.6) is 0 Å². The van der Waals surface area contributed by atoms with Gasteiger partial charge in [-0.05, 0) is 18.2 Å². The maximum Gasteiger partial charge on any atom is 0.414 e. The molecule has 2 aliphatic heterocycles. The molecule has 10 heteroatoms. The molecule has 0 saturated carbocycles. The smallest absolute Gasteiger partial charge is 0.414 e. The van der Waals surface area contributed by atoms with Gasteiger partial charge in [-0.25, -0.2) is 19.4 Å². The average molecular weight is 380 g/mol. The molecular formula is C17H25FN6O3. The van der Waals surface area contributed by atoms with Crippen LogP contribution < -0.4 is 21.0 Å². The van der Waals surface area contributed by atoms with Gasteiger partial charge in [-0.2, -0.15) is 0 Å². The SMILES string of the molecule is CN(C)C(=O)N1CCN(c2ccc(N3C[C@H](CN)OC3=O)cc2F)CCN1. The lowest BCUT2D eigenvalue weighted by atomic mass is 10.2. The highest BCUT2D eigenvalue weighted by atomic mass is 19.1. The molecule has 3 amide bonds. The number of nitrogens with one attached hydrogen (secondary N) is 1. The Kier molecular flexibility index (Phi) is 5.66. The zero-order chi connectivity index (χ0) is 19.6. The maximum absolute atomic E-state index is 14.8. The Morgan fingerprint density at radius 2 is 2.15 bits per heavy atom. The van der Waals surface area contributed by atoms with Crippen molar-refractivity contribution in [1.29, 1.82) is 0 Å². The maximum atomic E-state index is 14.8. The van der Waals surface area contributed by atoms with E-state index in [9.17, 15) is 14.0 Å². The summed E-state index contributed by atoms with van der Waals surface area (Å²) in [5.41, 5.74) is 9.46. The number of halogens is 1. The Balaban J connectivity index is 1.71. The number of nitrogens with zero attached hydrogens (tertiary/aromatic N) is 4. The van der Waals surface area contributed by atoms with Gasteiger partial charge in [0.15, 0.2) is 0 Å². The van der Waals surface area contributed by atoms with Gasteiger partial charge in [0.25, 0.3) is 0 Å². The quantitative estimate of drug-likeness (QED) is 0.789. The summed E-state index contributed by atoms with van der Waals surface area (Å²) < 4.78 is 19.9. The van der Waals surface area contributed by atoms with E-state index in [0.717, 1.165) is 0 Å². The molecule has 2 fully saturated rings. The minimum Gasteiger partial charge on any atom is -0.443 e. The number of amides is 3. The van der Waals surface area contributed by atoms with Crippen molar-refractivity contribution >= 4 is 23.5 Å².